The Morgan fingerprint density at radius 1 is 0.923 bits per heavy atom. The van der Waals surface area contributed by atoms with Crippen LogP contribution in [-0.2, 0) is 20.0 Å². The highest BCUT2D eigenvalue weighted by molar-refractivity contribution is 7.80. The highest BCUT2D eigenvalue weighted by Crippen LogP contribution is 2.24. The molecule has 72 valence electrons. The van der Waals surface area contributed by atoms with E-state index in [9.17, 15) is 13.2 Å². The van der Waals surface area contributed by atoms with Crippen molar-refractivity contribution in [1.82, 2.24) is 0 Å². The number of thiol groups is 1. The summed E-state index contributed by atoms with van der Waals surface area (Å²) in [7, 11) is 0. The second-order valence-corrected chi connectivity index (χ2v) is 3.08. The Balaban J connectivity index is 3.27. The molecule has 0 amide bonds. The number of hydrogen-bond donors (Lipinski definition) is 1. The van der Waals surface area contributed by atoms with Gasteiger partial charge in [0.25, 0.3) is 0 Å². The zero-order chi connectivity index (χ0) is 9.84. The molecule has 0 saturated carbocycles. The number of hydrogen-bond acceptors (Lipinski definition) is 1. The molecule has 13 heavy (non-hydrogen) atoms. The van der Waals surface area contributed by atoms with Crippen LogP contribution >= 0.6 is 12.6 Å². The molecule has 0 unspecified atom stereocenters. The second kappa shape index (κ2) is 4.56. The van der Waals surface area contributed by atoms with E-state index in [4.69, 9.17) is 0 Å². The quantitative estimate of drug-likeness (QED) is 0.720. The van der Waals surface area contributed by atoms with Gasteiger partial charge in [0.2, 0.25) is 0 Å². The fraction of sp³-hybridized carbons (Fsp3) is 0.333. The Kier molecular flexibility index (Phi) is 3.66. The summed E-state index contributed by atoms with van der Waals surface area (Å²) in [4.78, 5) is 0.368. The van der Waals surface area contributed by atoms with Crippen molar-refractivity contribution in [3.8, 4) is 0 Å². The number of rotatable bonds is 3. The first-order chi connectivity index (χ1) is 6.24. The normalized spacial score (nSPS) is 10.5. The molecule has 0 nitrogen and oxygen atoms in total. The molecule has 1 rings (SSSR count). The Hall–Kier alpha value is -0.640. The average Bonchev–Trinajstić information content (AvgIpc) is 2.17. The molecule has 0 N–H and O–H groups in total. The first-order valence-electron chi connectivity index (χ1n) is 3.75. The molecule has 0 heterocycles. The van der Waals surface area contributed by atoms with Crippen molar-refractivity contribution in [2.45, 2.75) is 24.9 Å². The van der Waals surface area contributed by atoms with Gasteiger partial charge in [-0.1, -0.05) is 6.07 Å². The van der Waals surface area contributed by atoms with E-state index < -0.39 is 20.0 Å². The minimum atomic E-state index is -0.854. The first-order valence-corrected chi connectivity index (χ1v) is 4.19. The number of halogens is 3. The van der Waals surface area contributed by atoms with Crippen LogP contribution in [0.5, 0.6) is 0 Å². The molecule has 0 atom stereocenters. The van der Waals surface area contributed by atoms with E-state index in [2.05, 4.69) is 12.6 Å². The second-order valence-electron chi connectivity index (χ2n) is 2.60. The van der Waals surface area contributed by atoms with Crippen LogP contribution in [0.4, 0.5) is 13.2 Å². The summed E-state index contributed by atoms with van der Waals surface area (Å²) in [5, 5.41) is 0. The largest absolute Gasteiger partial charge is 0.246 e. The van der Waals surface area contributed by atoms with Gasteiger partial charge in [0.1, 0.15) is 20.0 Å². The van der Waals surface area contributed by atoms with Gasteiger partial charge in [-0.25, -0.2) is 13.2 Å². The lowest BCUT2D eigenvalue weighted by molar-refractivity contribution is 0.433. The van der Waals surface area contributed by atoms with E-state index in [1.54, 1.807) is 0 Å². The molecule has 4 heteroatoms. The van der Waals surface area contributed by atoms with Gasteiger partial charge in [-0.2, -0.15) is 0 Å². The highest BCUT2D eigenvalue weighted by Gasteiger charge is 2.10. The zero-order valence-electron chi connectivity index (χ0n) is 6.86. The molecule has 0 aliphatic carbocycles. The topological polar surface area (TPSA) is 0 Å². The van der Waals surface area contributed by atoms with Gasteiger partial charge >= 0.3 is 0 Å². The maximum Gasteiger partial charge on any atom is 0.116 e. The molecule has 0 bridgehead atoms. The smallest absolute Gasteiger partial charge is 0.116 e. The molecular formula is C9H9F3S. The summed E-state index contributed by atoms with van der Waals surface area (Å²) >= 11 is 3.96. The van der Waals surface area contributed by atoms with Crippen molar-refractivity contribution in [1.29, 1.82) is 0 Å². The highest BCUT2D eigenvalue weighted by atomic mass is 32.1. The summed E-state index contributed by atoms with van der Waals surface area (Å²) in [6.45, 7) is -2.45. The van der Waals surface area contributed by atoms with Crippen LogP contribution in [0.3, 0.4) is 0 Å². The third-order valence-corrected chi connectivity index (χ3v) is 2.33. The van der Waals surface area contributed by atoms with Crippen LogP contribution in [0, 0.1) is 0 Å². The van der Waals surface area contributed by atoms with E-state index in [0.29, 0.717) is 4.90 Å². The van der Waals surface area contributed by atoms with Crippen LogP contribution in [0.25, 0.3) is 0 Å². The predicted octanol–water partition coefficient (Wildman–Crippen LogP) is 3.38. The van der Waals surface area contributed by atoms with E-state index >= 15 is 0 Å². The van der Waals surface area contributed by atoms with Crippen molar-refractivity contribution in [3.05, 3.63) is 28.8 Å². The average molecular weight is 206 g/mol. The van der Waals surface area contributed by atoms with Gasteiger partial charge in [0.15, 0.2) is 0 Å². The molecule has 0 aliphatic rings. The molecule has 1 aromatic rings. The molecule has 0 fully saturated rings. The standard InChI is InChI=1S/C9H9F3S/c10-3-6-1-2-9(13)8(5-12)7(6)4-11/h1-2,13H,3-5H2. The Labute approximate surface area is 80.2 Å². The van der Waals surface area contributed by atoms with Gasteiger partial charge in [-0.3, -0.25) is 0 Å². The SMILES string of the molecule is FCc1ccc(S)c(CF)c1CF. The molecule has 1 aromatic carbocycles. The maximum absolute atomic E-state index is 12.4. The number of benzene rings is 1. The molecule has 0 aromatic heterocycles. The summed E-state index contributed by atoms with van der Waals surface area (Å²) < 4.78 is 37.2. The number of alkyl halides is 3. The molecular weight excluding hydrogens is 197 g/mol. The van der Waals surface area contributed by atoms with Crippen LogP contribution < -0.4 is 0 Å². The van der Waals surface area contributed by atoms with Gasteiger partial charge in [0, 0.05) is 10.5 Å². The van der Waals surface area contributed by atoms with Crippen molar-refractivity contribution in [2.75, 3.05) is 0 Å². The van der Waals surface area contributed by atoms with E-state index in [1.165, 1.54) is 12.1 Å². The minimum absolute atomic E-state index is 0.0949. The van der Waals surface area contributed by atoms with Crippen molar-refractivity contribution in [2.24, 2.45) is 0 Å². The van der Waals surface area contributed by atoms with Gasteiger partial charge in [-0.05, 0) is 17.2 Å². The summed E-state index contributed by atoms with van der Waals surface area (Å²) in [6.07, 6.45) is 0. The van der Waals surface area contributed by atoms with Crippen molar-refractivity contribution in [3.63, 3.8) is 0 Å². The zero-order valence-corrected chi connectivity index (χ0v) is 7.75. The fourth-order valence-corrected chi connectivity index (χ4v) is 1.44. The third-order valence-electron chi connectivity index (χ3n) is 1.91. The van der Waals surface area contributed by atoms with Crippen LogP contribution in [0.2, 0.25) is 0 Å². The van der Waals surface area contributed by atoms with Crippen molar-refractivity contribution >= 4 is 12.6 Å². The van der Waals surface area contributed by atoms with E-state index in [1.807, 2.05) is 0 Å². The van der Waals surface area contributed by atoms with Crippen LogP contribution in [-0.4, -0.2) is 0 Å². The summed E-state index contributed by atoms with van der Waals surface area (Å²) in [5.41, 5.74) is 0.450. The molecule has 0 spiro atoms. The molecule has 0 aliphatic heterocycles. The van der Waals surface area contributed by atoms with Gasteiger partial charge < -0.3 is 0 Å². The first kappa shape index (κ1) is 10.4. The molecule has 0 radical (unpaired) electrons. The summed E-state index contributed by atoms with van der Waals surface area (Å²) in [6, 6.07) is 2.91. The Morgan fingerprint density at radius 3 is 2.00 bits per heavy atom. The van der Waals surface area contributed by atoms with Gasteiger partial charge in [0.05, 0.1) is 0 Å². The lowest BCUT2D eigenvalue weighted by atomic mass is 10.0. The third kappa shape index (κ3) is 1.99. The summed E-state index contributed by atoms with van der Waals surface area (Å²) in [5.74, 6) is 0. The minimum Gasteiger partial charge on any atom is -0.246 e. The van der Waals surface area contributed by atoms with Crippen LogP contribution in [0.15, 0.2) is 17.0 Å². The van der Waals surface area contributed by atoms with Crippen molar-refractivity contribution < 1.29 is 13.2 Å². The fourth-order valence-electron chi connectivity index (χ4n) is 1.17. The van der Waals surface area contributed by atoms with Crippen LogP contribution in [0.1, 0.15) is 16.7 Å². The Morgan fingerprint density at radius 2 is 1.54 bits per heavy atom. The predicted molar refractivity (Wildman–Crippen MR) is 48.1 cm³/mol. The monoisotopic (exact) mass is 206 g/mol. The lowest BCUT2D eigenvalue weighted by Gasteiger charge is -2.09. The maximum atomic E-state index is 12.4. The molecule has 0 saturated heterocycles. The Bertz CT molecular complexity index is 299. The lowest BCUT2D eigenvalue weighted by Crippen LogP contribution is -1.97. The van der Waals surface area contributed by atoms with Gasteiger partial charge in [-0.15, -0.1) is 12.6 Å². The van der Waals surface area contributed by atoms with E-state index in [0.717, 1.165) is 0 Å². The van der Waals surface area contributed by atoms with E-state index in [-0.39, 0.29) is 16.7 Å².